The highest BCUT2D eigenvalue weighted by molar-refractivity contribution is 5.66. The molecule has 0 aromatic heterocycles. The average molecular weight is 533 g/mol. The zero-order chi connectivity index (χ0) is 27.8. The van der Waals surface area contributed by atoms with Crippen molar-refractivity contribution < 1.29 is 29.6 Å². The van der Waals surface area contributed by atoms with Crippen molar-refractivity contribution in [1.82, 2.24) is 0 Å². The summed E-state index contributed by atoms with van der Waals surface area (Å²) in [5.74, 6) is 1.09. The highest BCUT2D eigenvalue weighted by Crippen LogP contribution is 2.89. The molecular formula is C32H52O6. The maximum atomic E-state index is 12.3. The van der Waals surface area contributed by atoms with Gasteiger partial charge in [0.05, 0.1) is 30.0 Å². The quantitative estimate of drug-likeness (QED) is 0.449. The molecule has 0 aromatic carbocycles. The van der Waals surface area contributed by atoms with Crippen LogP contribution in [-0.4, -0.2) is 57.4 Å². The first kappa shape index (κ1) is 27.5. The van der Waals surface area contributed by atoms with E-state index < -0.39 is 29.9 Å². The predicted octanol–water partition coefficient (Wildman–Crippen LogP) is 4.86. The van der Waals surface area contributed by atoms with Gasteiger partial charge in [0.25, 0.3) is 0 Å². The van der Waals surface area contributed by atoms with E-state index in [1.54, 1.807) is 13.8 Å². The highest BCUT2D eigenvalue weighted by Gasteiger charge is 2.84. The molecule has 0 amide bonds. The Balaban J connectivity index is 1.35. The van der Waals surface area contributed by atoms with Crippen LogP contribution in [0.2, 0.25) is 0 Å². The number of ether oxygens (including phenoxy) is 2. The van der Waals surface area contributed by atoms with Gasteiger partial charge in [-0.15, -0.1) is 0 Å². The van der Waals surface area contributed by atoms with Crippen molar-refractivity contribution in [3.8, 4) is 0 Å². The molecule has 0 aromatic rings. The number of rotatable bonds is 3. The third-order valence-electron chi connectivity index (χ3n) is 14.1. The molecule has 6 rings (SSSR count). The van der Waals surface area contributed by atoms with Gasteiger partial charge in [0.2, 0.25) is 0 Å². The van der Waals surface area contributed by atoms with Crippen LogP contribution in [0.1, 0.15) is 107 Å². The van der Waals surface area contributed by atoms with Crippen molar-refractivity contribution in [2.45, 2.75) is 143 Å². The number of hydrogen-bond acceptors (Lipinski definition) is 6. The first-order valence-corrected chi connectivity index (χ1v) is 15.4. The Labute approximate surface area is 229 Å². The molecule has 3 N–H and O–H groups in total. The van der Waals surface area contributed by atoms with Crippen LogP contribution in [-0.2, 0) is 14.3 Å². The Morgan fingerprint density at radius 1 is 1.00 bits per heavy atom. The van der Waals surface area contributed by atoms with E-state index in [0.29, 0.717) is 23.7 Å². The number of carbonyl (C=O) groups excluding carboxylic acids is 1. The van der Waals surface area contributed by atoms with Gasteiger partial charge in [-0.25, -0.2) is 0 Å². The summed E-state index contributed by atoms with van der Waals surface area (Å²) in [5.41, 5.74) is -1.01. The number of carbonyl (C=O) groups is 1. The second-order valence-corrected chi connectivity index (χ2v) is 16.3. The van der Waals surface area contributed by atoms with Crippen molar-refractivity contribution in [2.75, 3.05) is 0 Å². The van der Waals surface area contributed by atoms with E-state index in [-0.39, 0.29) is 45.7 Å². The summed E-state index contributed by atoms with van der Waals surface area (Å²) in [6.45, 7) is 16.4. The van der Waals surface area contributed by atoms with Crippen LogP contribution in [0.5, 0.6) is 0 Å². The van der Waals surface area contributed by atoms with Gasteiger partial charge >= 0.3 is 5.97 Å². The van der Waals surface area contributed by atoms with Crippen molar-refractivity contribution in [2.24, 2.45) is 50.7 Å². The lowest BCUT2D eigenvalue weighted by atomic mass is 9.41. The van der Waals surface area contributed by atoms with Crippen LogP contribution >= 0.6 is 0 Å². The summed E-state index contributed by atoms with van der Waals surface area (Å²) < 4.78 is 12.4. The monoisotopic (exact) mass is 532 g/mol. The van der Waals surface area contributed by atoms with E-state index >= 15 is 0 Å². The van der Waals surface area contributed by atoms with Crippen molar-refractivity contribution in [3.63, 3.8) is 0 Å². The molecule has 0 bridgehead atoms. The summed E-state index contributed by atoms with van der Waals surface area (Å²) in [7, 11) is 0. The van der Waals surface area contributed by atoms with Crippen LogP contribution in [0.25, 0.3) is 0 Å². The van der Waals surface area contributed by atoms with E-state index in [1.807, 2.05) is 0 Å². The van der Waals surface area contributed by atoms with Crippen LogP contribution in [0.15, 0.2) is 0 Å². The molecule has 1 saturated heterocycles. The average Bonchev–Trinajstić information content (AvgIpc) is 3.44. The van der Waals surface area contributed by atoms with Gasteiger partial charge in [-0.3, -0.25) is 4.79 Å². The summed E-state index contributed by atoms with van der Waals surface area (Å²) in [6.07, 6.45) is 6.19. The second kappa shape index (κ2) is 7.98. The maximum Gasteiger partial charge on any atom is 0.303 e. The molecule has 1 aliphatic heterocycles. The molecule has 6 heteroatoms. The minimum Gasteiger partial charge on any atom is -0.457 e. The van der Waals surface area contributed by atoms with Gasteiger partial charge in [-0.2, -0.15) is 0 Å². The summed E-state index contributed by atoms with van der Waals surface area (Å²) in [5, 5.41) is 34.2. The molecule has 5 aliphatic carbocycles. The Kier molecular flexibility index (Phi) is 5.77. The van der Waals surface area contributed by atoms with Gasteiger partial charge in [0.15, 0.2) is 6.10 Å². The first-order valence-electron chi connectivity index (χ1n) is 15.4. The lowest BCUT2D eigenvalue weighted by Gasteiger charge is -2.63. The molecular weight excluding hydrogens is 480 g/mol. The molecule has 6 aliphatic rings. The van der Waals surface area contributed by atoms with Crippen molar-refractivity contribution in [3.05, 3.63) is 0 Å². The van der Waals surface area contributed by atoms with Gasteiger partial charge in [-0.05, 0) is 111 Å². The number of aliphatic hydroxyl groups is 3. The molecule has 13 atom stereocenters. The molecule has 1 heterocycles. The molecule has 216 valence electrons. The van der Waals surface area contributed by atoms with E-state index in [1.165, 1.54) is 19.8 Å². The van der Waals surface area contributed by atoms with Crippen LogP contribution in [0.3, 0.4) is 0 Å². The summed E-state index contributed by atoms with van der Waals surface area (Å²) in [4.78, 5) is 11.9. The zero-order valence-electron chi connectivity index (χ0n) is 24.9. The lowest BCUT2D eigenvalue weighted by molar-refractivity contribution is -0.216. The fourth-order valence-electron chi connectivity index (χ4n) is 12.4. The number of esters is 1. The minimum absolute atomic E-state index is 0.0383. The van der Waals surface area contributed by atoms with E-state index in [4.69, 9.17) is 9.47 Å². The second-order valence-electron chi connectivity index (χ2n) is 16.3. The topological polar surface area (TPSA) is 96.2 Å². The zero-order valence-corrected chi connectivity index (χ0v) is 24.9. The molecule has 5 unspecified atom stereocenters. The number of hydrogen-bond donors (Lipinski definition) is 3. The molecule has 38 heavy (non-hydrogen) atoms. The van der Waals surface area contributed by atoms with E-state index in [9.17, 15) is 20.1 Å². The Hall–Kier alpha value is -0.690. The van der Waals surface area contributed by atoms with Crippen molar-refractivity contribution >= 4 is 5.97 Å². The smallest absolute Gasteiger partial charge is 0.303 e. The summed E-state index contributed by atoms with van der Waals surface area (Å²) >= 11 is 0. The largest absolute Gasteiger partial charge is 0.457 e. The fourth-order valence-corrected chi connectivity index (χ4v) is 12.4. The molecule has 6 nitrogen and oxygen atoms in total. The van der Waals surface area contributed by atoms with Gasteiger partial charge in [-0.1, -0.05) is 34.6 Å². The van der Waals surface area contributed by atoms with E-state index in [2.05, 4.69) is 34.6 Å². The van der Waals surface area contributed by atoms with Crippen LogP contribution in [0, 0.1) is 50.7 Å². The predicted molar refractivity (Wildman–Crippen MR) is 144 cm³/mol. The highest BCUT2D eigenvalue weighted by atomic mass is 16.6. The Morgan fingerprint density at radius 2 is 1.63 bits per heavy atom. The van der Waals surface area contributed by atoms with Crippen LogP contribution < -0.4 is 0 Å². The van der Waals surface area contributed by atoms with Gasteiger partial charge in [0.1, 0.15) is 0 Å². The SMILES string of the molecule is CC(=O)O[C@@H](C1C[C@@H](C)[C@H]2C(O1)[C@H](O)C1(C)C3CC[C@H]4C(C)(C)[C@@H](O)CC[C@@]45CC35CC[C@]21C)C(C)(C)O. The molecule has 0 radical (unpaired) electrons. The van der Waals surface area contributed by atoms with Gasteiger partial charge < -0.3 is 24.8 Å². The molecule has 2 spiro atoms. The third kappa shape index (κ3) is 3.13. The Morgan fingerprint density at radius 3 is 2.26 bits per heavy atom. The van der Waals surface area contributed by atoms with Gasteiger partial charge in [0, 0.05) is 12.3 Å². The van der Waals surface area contributed by atoms with Crippen LogP contribution in [0.4, 0.5) is 0 Å². The standard InChI is InChI=1S/C32H52O6/c1-17-15-19(26(28(5,6)36)37-18(2)33)38-24-23(17)29(7)13-14-32-16-31(32)12-11-22(34)27(3,4)20(31)9-10-21(32)30(29,8)25(24)35/h17,19-26,34-36H,9-16H2,1-8H3/t17-,19?,20+,21?,22+,23+,24?,25+,26+,29-,30?,31-,32?/m1/s1. The summed E-state index contributed by atoms with van der Waals surface area (Å²) in [6, 6.07) is 0. The third-order valence-corrected chi connectivity index (χ3v) is 14.1. The Bertz CT molecular complexity index is 1000. The lowest BCUT2D eigenvalue weighted by Crippen LogP contribution is -2.59. The molecule has 5 saturated carbocycles. The first-order chi connectivity index (χ1) is 17.5. The maximum absolute atomic E-state index is 12.3. The number of aliphatic hydroxyl groups excluding tert-OH is 2. The normalized spacial score (nSPS) is 55.4. The fraction of sp³-hybridized carbons (Fsp3) is 0.969. The van der Waals surface area contributed by atoms with E-state index in [0.717, 1.165) is 32.1 Å². The van der Waals surface area contributed by atoms with Crippen molar-refractivity contribution in [1.29, 1.82) is 0 Å². The number of fused-ring (bicyclic) bond motifs is 4. The minimum atomic E-state index is -1.24. The molecule has 6 fully saturated rings.